The Morgan fingerprint density at radius 2 is 1.66 bits per heavy atom. The van der Waals surface area contributed by atoms with Crippen molar-refractivity contribution in [2.24, 2.45) is 11.8 Å². The monoisotopic (exact) mass is 420 g/mol. The molecule has 1 aliphatic heterocycles. The van der Waals surface area contributed by atoms with Crippen LogP contribution in [0.5, 0.6) is 11.5 Å². The molecule has 1 saturated carbocycles. The van der Waals surface area contributed by atoms with Crippen molar-refractivity contribution in [1.82, 2.24) is 4.90 Å². The number of carbonyl (C=O) groups is 3. The number of hydrogen-bond donors (Lipinski definition) is 1. The lowest BCUT2D eigenvalue weighted by molar-refractivity contribution is -0.146. The number of rotatable bonds is 8. The number of imide groups is 1. The predicted octanol–water partition coefficient (Wildman–Crippen LogP) is 2.94. The highest BCUT2D eigenvalue weighted by Crippen LogP contribution is 2.39. The number of nitrogens with zero attached hydrogens (tertiary/aromatic N) is 1. The smallest absolute Gasteiger partial charge is 0.247 e. The number of methoxy groups -OCH3 is 2. The van der Waals surface area contributed by atoms with Gasteiger partial charge in [0.1, 0.15) is 17.5 Å². The van der Waals surface area contributed by atoms with E-state index in [-0.39, 0.29) is 29.6 Å². The van der Waals surface area contributed by atoms with E-state index in [2.05, 4.69) is 5.32 Å². The number of nitrogens with one attached hydrogen (secondary N) is 1. The highest BCUT2D eigenvalue weighted by Gasteiger charge is 2.51. The molecule has 0 unspecified atom stereocenters. The van der Waals surface area contributed by atoms with Gasteiger partial charge < -0.3 is 14.8 Å². The minimum Gasteiger partial charge on any atom is -0.497 e. The molecule has 0 radical (unpaired) electrons. The van der Waals surface area contributed by atoms with E-state index in [0.717, 1.165) is 25.7 Å². The third-order valence-electron chi connectivity index (χ3n) is 5.70. The number of amides is 3. The van der Waals surface area contributed by atoms with E-state index in [1.807, 2.05) is 6.26 Å². The average molecular weight is 421 g/mol. The lowest BCUT2D eigenvalue weighted by Gasteiger charge is -2.26. The molecule has 1 aliphatic carbocycles. The summed E-state index contributed by atoms with van der Waals surface area (Å²) in [5, 5.41) is 2.85. The predicted molar refractivity (Wildman–Crippen MR) is 112 cm³/mol. The number of benzene rings is 1. The molecule has 0 spiro atoms. The fourth-order valence-corrected chi connectivity index (χ4v) is 4.67. The number of likely N-dealkylation sites (tertiary alicyclic amines) is 1. The van der Waals surface area contributed by atoms with E-state index < -0.39 is 6.04 Å². The molecule has 29 heavy (non-hydrogen) atoms. The van der Waals surface area contributed by atoms with Gasteiger partial charge in [-0.2, -0.15) is 11.8 Å². The van der Waals surface area contributed by atoms with E-state index in [9.17, 15) is 14.4 Å². The SMILES string of the molecule is COc1cc(NC(=O)[C@H](CCSC)N2C(=O)[C@@H]3CCCC[C@H]3C2=O)cc(OC)c1. The van der Waals surface area contributed by atoms with Gasteiger partial charge in [0.05, 0.1) is 26.1 Å². The maximum Gasteiger partial charge on any atom is 0.247 e. The molecule has 1 saturated heterocycles. The molecule has 2 fully saturated rings. The Balaban J connectivity index is 1.84. The molecule has 3 atom stereocenters. The van der Waals surface area contributed by atoms with Crippen molar-refractivity contribution in [1.29, 1.82) is 0 Å². The van der Waals surface area contributed by atoms with Crippen LogP contribution >= 0.6 is 11.8 Å². The molecule has 2 aliphatic rings. The van der Waals surface area contributed by atoms with Crippen molar-refractivity contribution in [3.63, 3.8) is 0 Å². The molecule has 3 amide bonds. The quantitative estimate of drug-likeness (QED) is 0.651. The standard InChI is InChI=1S/C21H28N2O5S/c1-27-14-10-13(11-15(12-14)28-2)22-19(24)18(8-9-29-3)23-20(25)16-6-4-5-7-17(16)21(23)26/h10-12,16-18H,4-9H2,1-3H3,(H,22,24)/t16-,17-,18+/m1/s1. The molecule has 7 nitrogen and oxygen atoms in total. The maximum atomic E-state index is 13.2. The van der Waals surface area contributed by atoms with E-state index >= 15 is 0 Å². The highest BCUT2D eigenvalue weighted by molar-refractivity contribution is 7.98. The Bertz CT molecular complexity index is 738. The highest BCUT2D eigenvalue weighted by atomic mass is 32.2. The van der Waals surface area contributed by atoms with Crippen molar-refractivity contribution in [2.45, 2.75) is 38.1 Å². The van der Waals surface area contributed by atoms with Crippen LogP contribution in [0.4, 0.5) is 5.69 Å². The molecular formula is C21H28N2O5S. The topological polar surface area (TPSA) is 84.9 Å². The summed E-state index contributed by atoms with van der Waals surface area (Å²) in [5.41, 5.74) is 0.497. The van der Waals surface area contributed by atoms with Crippen LogP contribution in [-0.2, 0) is 14.4 Å². The molecule has 1 heterocycles. The van der Waals surface area contributed by atoms with Crippen LogP contribution in [0.15, 0.2) is 18.2 Å². The van der Waals surface area contributed by atoms with Gasteiger partial charge in [-0.1, -0.05) is 12.8 Å². The zero-order valence-electron chi connectivity index (χ0n) is 17.1. The molecule has 3 rings (SSSR count). The average Bonchev–Trinajstić information content (AvgIpc) is 2.99. The van der Waals surface area contributed by atoms with Crippen LogP contribution in [0.25, 0.3) is 0 Å². The Kier molecular flexibility index (Phi) is 7.05. The maximum absolute atomic E-state index is 13.2. The lowest BCUT2D eigenvalue weighted by Crippen LogP contribution is -2.48. The minimum atomic E-state index is -0.815. The summed E-state index contributed by atoms with van der Waals surface area (Å²) >= 11 is 1.58. The zero-order chi connectivity index (χ0) is 21.0. The third kappa shape index (κ3) is 4.52. The number of hydrogen-bond acceptors (Lipinski definition) is 6. The summed E-state index contributed by atoms with van der Waals surface area (Å²) in [6, 6.07) is 4.25. The van der Waals surface area contributed by atoms with Gasteiger partial charge in [0.25, 0.3) is 0 Å². The zero-order valence-corrected chi connectivity index (χ0v) is 17.9. The second kappa shape index (κ2) is 9.52. The van der Waals surface area contributed by atoms with Gasteiger partial charge >= 0.3 is 0 Å². The second-order valence-corrected chi connectivity index (χ2v) is 8.42. The van der Waals surface area contributed by atoms with Crippen LogP contribution in [0.1, 0.15) is 32.1 Å². The molecule has 1 aromatic carbocycles. The summed E-state index contributed by atoms with van der Waals surface area (Å²) in [6.07, 6.45) is 5.74. The molecular weight excluding hydrogens is 392 g/mol. The molecule has 0 aromatic heterocycles. The van der Waals surface area contributed by atoms with E-state index in [1.54, 1.807) is 30.0 Å². The Labute approximate surface area is 175 Å². The Morgan fingerprint density at radius 1 is 1.10 bits per heavy atom. The molecule has 0 bridgehead atoms. The molecule has 1 N–H and O–H groups in total. The fourth-order valence-electron chi connectivity index (χ4n) is 4.21. The Morgan fingerprint density at radius 3 is 2.14 bits per heavy atom. The number of anilines is 1. The minimum absolute atomic E-state index is 0.191. The summed E-state index contributed by atoms with van der Waals surface area (Å²) in [5.74, 6) is 0.476. The first-order chi connectivity index (χ1) is 14.0. The summed E-state index contributed by atoms with van der Waals surface area (Å²) in [6.45, 7) is 0. The van der Waals surface area contributed by atoms with Crippen molar-refractivity contribution in [2.75, 3.05) is 31.5 Å². The van der Waals surface area contributed by atoms with Gasteiger partial charge in [0, 0.05) is 23.9 Å². The summed E-state index contributed by atoms with van der Waals surface area (Å²) < 4.78 is 10.5. The summed E-state index contributed by atoms with van der Waals surface area (Å²) in [7, 11) is 3.07. The number of carbonyl (C=O) groups excluding carboxylic acids is 3. The third-order valence-corrected chi connectivity index (χ3v) is 6.35. The van der Waals surface area contributed by atoms with Gasteiger partial charge in [-0.3, -0.25) is 19.3 Å². The normalized spacial score (nSPS) is 22.2. The van der Waals surface area contributed by atoms with Crippen LogP contribution in [0.2, 0.25) is 0 Å². The first-order valence-electron chi connectivity index (χ1n) is 9.90. The van der Waals surface area contributed by atoms with Crippen LogP contribution < -0.4 is 14.8 Å². The van der Waals surface area contributed by atoms with Crippen molar-refractivity contribution >= 4 is 35.2 Å². The second-order valence-electron chi connectivity index (χ2n) is 7.43. The first-order valence-corrected chi connectivity index (χ1v) is 11.3. The van der Waals surface area contributed by atoms with Crippen molar-refractivity contribution < 1.29 is 23.9 Å². The van der Waals surface area contributed by atoms with Crippen LogP contribution in [0.3, 0.4) is 0 Å². The van der Waals surface area contributed by atoms with Crippen molar-refractivity contribution in [3.05, 3.63) is 18.2 Å². The number of ether oxygens (including phenoxy) is 2. The molecule has 158 valence electrons. The summed E-state index contributed by atoms with van der Waals surface area (Å²) in [4.78, 5) is 40.4. The van der Waals surface area contributed by atoms with Gasteiger partial charge in [0.2, 0.25) is 17.7 Å². The van der Waals surface area contributed by atoms with E-state index in [4.69, 9.17) is 9.47 Å². The van der Waals surface area contributed by atoms with Gasteiger partial charge in [-0.15, -0.1) is 0 Å². The van der Waals surface area contributed by atoms with Gasteiger partial charge in [-0.25, -0.2) is 0 Å². The van der Waals surface area contributed by atoms with Crippen LogP contribution in [0, 0.1) is 11.8 Å². The van der Waals surface area contributed by atoms with Crippen molar-refractivity contribution in [3.8, 4) is 11.5 Å². The number of thioether (sulfide) groups is 1. The van der Waals surface area contributed by atoms with Gasteiger partial charge in [0.15, 0.2) is 0 Å². The molecule has 1 aromatic rings. The van der Waals surface area contributed by atoms with Crippen LogP contribution in [-0.4, -0.2) is 54.9 Å². The Hall–Kier alpha value is -2.22. The number of fused-ring (bicyclic) bond motifs is 1. The van der Waals surface area contributed by atoms with E-state index in [1.165, 1.54) is 19.1 Å². The lowest BCUT2D eigenvalue weighted by atomic mass is 9.81. The molecule has 8 heteroatoms. The van der Waals surface area contributed by atoms with Gasteiger partial charge in [-0.05, 0) is 31.3 Å². The fraction of sp³-hybridized carbons (Fsp3) is 0.571. The largest absolute Gasteiger partial charge is 0.497 e. The first kappa shape index (κ1) is 21.5. The van der Waals surface area contributed by atoms with E-state index in [0.29, 0.717) is 29.4 Å².